The van der Waals surface area contributed by atoms with Crippen LogP contribution in [0.3, 0.4) is 0 Å². The summed E-state index contributed by atoms with van der Waals surface area (Å²) in [5.74, 6) is 0.581. The SMILES string of the molecule is CC(C)(C)NCc1ccc(N2CCCS(=O)(=O)CC2)cc1. The average molecular weight is 310 g/mol. The van der Waals surface area contributed by atoms with Crippen LogP contribution in [0.25, 0.3) is 0 Å². The van der Waals surface area contributed by atoms with Crippen LogP contribution < -0.4 is 10.2 Å². The first-order valence-electron chi connectivity index (χ1n) is 7.55. The predicted octanol–water partition coefficient (Wildman–Crippen LogP) is 2.20. The van der Waals surface area contributed by atoms with Crippen molar-refractivity contribution in [1.82, 2.24) is 5.32 Å². The van der Waals surface area contributed by atoms with Crippen LogP contribution in [0.5, 0.6) is 0 Å². The number of hydrogen-bond donors (Lipinski definition) is 1. The van der Waals surface area contributed by atoms with E-state index in [0.29, 0.717) is 12.3 Å². The fraction of sp³-hybridized carbons (Fsp3) is 0.625. The van der Waals surface area contributed by atoms with Crippen molar-refractivity contribution in [2.45, 2.75) is 39.3 Å². The van der Waals surface area contributed by atoms with E-state index in [2.05, 4.69) is 55.3 Å². The maximum absolute atomic E-state index is 11.6. The Balaban J connectivity index is 1.98. The van der Waals surface area contributed by atoms with Gasteiger partial charge in [-0.05, 0) is 44.9 Å². The summed E-state index contributed by atoms with van der Waals surface area (Å²) in [4.78, 5) is 2.17. The Labute approximate surface area is 128 Å². The standard InChI is InChI=1S/C16H26N2O2S/c1-16(2,3)17-13-14-5-7-15(8-6-14)18-9-4-11-21(19,20)12-10-18/h5-8,17H,4,9-13H2,1-3H3. The first-order chi connectivity index (χ1) is 9.75. The van der Waals surface area contributed by atoms with Gasteiger partial charge < -0.3 is 10.2 Å². The zero-order valence-electron chi connectivity index (χ0n) is 13.2. The second kappa shape index (κ2) is 6.36. The number of nitrogens with one attached hydrogen (secondary N) is 1. The van der Waals surface area contributed by atoms with E-state index < -0.39 is 9.84 Å². The Morgan fingerprint density at radius 3 is 2.38 bits per heavy atom. The van der Waals surface area contributed by atoms with Gasteiger partial charge in [0.05, 0.1) is 11.5 Å². The molecule has 0 saturated carbocycles. The van der Waals surface area contributed by atoms with E-state index in [0.717, 1.165) is 25.2 Å². The maximum atomic E-state index is 11.6. The zero-order valence-corrected chi connectivity index (χ0v) is 14.0. The molecule has 1 fully saturated rings. The quantitative estimate of drug-likeness (QED) is 0.930. The van der Waals surface area contributed by atoms with E-state index >= 15 is 0 Å². The molecule has 1 saturated heterocycles. The van der Waals surface area contributed by atoms with Gasteiger partial charge >= 0.3 is 0 Å². The summed E-state index contributed by atoms with van der Waals surface area (Å²) in [6, 6.07) is 8.43. The van der Waals surface area contributed by atoms with Crippen LogP contribution in [0.1, 0.15) is 32.8 Å². The van der Waals surface area contributed by atoms with Gasteiger partial charge in [-0.15, -0.1) is 0 Å². The zero-order chi connectivity index (χ0) is 15.5. The molecule has 0 spiro atoms. The number of hydrogen-bond acceptors (Lipinski definition) is 4. The molecular weight excluding hydrogens is 284 g/mol. The van der Waals surface area contributed by atoms with Crippen molar-refractivity contribution in [1.29, 1.82) is 0 Å². The largest absolute Gasteiger partial charge is 0.370 e. The van der Waals surface area contributed by atoms with Gasteiger partial charge in [-0.25, -0.2) is 8.42 Å². The Kier molecular flexibility index (Phi) is 4.94. The summed E-state index contributed by atoms with van der Waals surface area (Å²) in [6.07, 6.45) is 0.718. The lowest BCUT2D eigenvalue weighted by atomic mass is 10.1. The normalized spacial score (nSPS) is 19.3. The van der Waals surface area contributed by atoms with Gasteiger partial charge in [0.1, 0.15) is 0 Å². The maximum Gasteiger partial charge on any atom is 0.152 e. The molecule has 1 N–H and O–H groups in total. The first kappa shape index (κ1) is 16.3. The van der Waals surface area contributed by atoms with E-state index in [1.165, 1.54) is 5.56 Å². The molecule has 1 aliphatic heterocycles. The first-order valence-corrected chi connectivity index (χ1v) is 9.37. The van der Waals surface area contributed by atoms with Gasteiger partial charge in [0.15, 0.2) is 9.84 Å². The van der Waals surface area contributed by atoms with Crippen molar-refractivity contribution in [2.75, 3.05) is 29.5 Å². The summed E-state index contributed by atoms with van der Waals surface area (Å²) in [5.41, 5.74) is 2.47. The molecule has 1 heterocycles. The topological polar surface area (TPSA) is 49.4 Å². The minimum atomic E-state index is -2.84. The molecule has 0 bridgehead atoms. The Bertz CT molecular complexity index is 559. The minimum absolute atomic E-state index is 0.109. The van der Waals surface area contributed by atoms with Crippen molar-refractivity contribution in [3.63, 3.8) is 0 Å². The van der Waals surface area contributed by atoms with Gasteiger partial charge in [0.2, 0.25) is 0 Å². The molecule has 2 rings (SSSR count). The molecule has 0 aromatic heterocycles. The second-order valence-electron chi connectivity index (χ2n) is 6.76. The lowest BCUT2D eigenvalue weighted by Crippen LogP contribution is -2.35. The lowest BCUT2D eigenvalue weighted by molar-refractivity contribution is 0.424. The van der Waals surface area contributed by atoms with Gasteiger partial charge in [-0.1, -0.05) is 12.1 Å². The van der Waals surface area contributed by atoms with Crippen molar-refractivity contribution in [3.8, 4) is 0 Å². The highest BCUT2D eigenvalue weighted by molar-refractivity contribution is 7.91. The number of rotatable bonds is 3. The molecule has 0 radical (unpaired) electrons. The molecule has 1 aromatic carbocycles. The van der Waals surface area contributed by atoms with E-state index in [1.54, 1.807) is 0 Å². The monoisotopic (exact) mass is 310 g/mol. The third-order valence-electron chi connectivity index (χ3n) is 3.68. The highest BCUT2D eigenvalue weighted by Gasteiger charge is 2.19. The van der Waals surface area contributed by atoms with Crippen LogP contribution >= 0.6 is 0 Å². The van der Waals surface area contributed by atoms with Crippen LogP contribution in [0, 0.1) is 0 Å². The highest BCUT2D eigenvalue weighted by atomic mass is 32.2. The Morgan fingerprint density at radius 1 is 1.10 bits per heavy atom. The molecule has 5 heteroatoms. The molecule has 0 amide bonds. The third-order valence-corrected chi connectivity index (χ3v) is 5.40. The minimum Gasteiger partial charge on any atom is -0.370 e. The molecule has 4 nitrogen and oxygen atoms in total. The summed E-state index contributed by atoms with van der Waals surface area (Å²) < 4.78 is 23.3. The van der Waals surface area contributed by atoms with Crippen molar-refractivity contribution in [2.24, 2.45) is 0 Å². The molecule has 21 heavy (non-hydrogen) atoms. The second-order valence-corrected chi connectivity index (χ2v) is 9.07. The lowest BCUT2D eigenvalue weighted by Gasteiger charge is -2.23. The summed E-state index contributed by atoms with van der Waals surface area (Å²) >= 11 is 0. The Morgan fingerprint density at radius 2 is 1.76 bits per heavy atom. The van der Waals surface area contributed by atoms with Crippen LogP contribution in [-0.4, -0.2) is 38.6 Å². The number of benzene rings is 1. The van der Waals surface area contributed by atoms with Crippen LogP contribution in [0.4, 0.5) is 5.69 Å². The summed E-state index contributed by atoms with van der Waals surface area (Å²) in [7, 11) is -2.84. The smallest absolute Gasteiger partial charge is 0.152 e. The molecule has 0 atom stereocenters. The Hall–Kier alpha value is -1.07. The predicted molar refractivity (Wildman–Crippen MR) is 88.5 cm³/mol. The number of anilines is 1. The van der Waals surface area contributed by atoms with Crippen LogP contribution in [0.15, 0.2) is 24.3 Å². The van der Waals surface area contributed by atoms with E-state index in [4.69, 9.17) is 0 Å². The van der Waals surface area contributed by atoms with Crippen molar-refractivity contribution in [3.05, 3.63) is 29.8 Å². The molecule has 0 unspecified atom stereocenters. The molecule has 1 aromatic rings. The summed E-state index contributed by atoms with van der Waals surface area (Å²) in [5, 5.41) is 3.47. The van der Waals surface area contributed by atoms with Crippen LogP contribution in [-0.2, 0) is 16.4 Å². The summed E-state index contributed by atoms with van der Waals surface area (Å²) in [6.45, 7) is 8.72. The molecular formula is C16H26N2O2S. The fourth-order valence-corrected chi connectivity index (χ4v) is 3.66. The van der Waals surface area contributed by atoms with Gasteiger partial charge in [0.25, 0.3) is 0 Å². The van der Waals surface area contributed by atoms with E-state index in [9.17, 15) is 8.42 Å². The number of nitrogens with zero attached hydrogens (tertiary/aromatic N) is 1. The number of sulfone groups is 1. The van der Waals surface area contributed by atoms with Gasteiger partial charge in [-0.3, -0.25) is 0 Å². The van der Waals surface area contributed by atoms with Gasteiger partial charge in [-0.2, -0.15) is 0 Å². The molecule has 0 aliphatic carbocycles. The molecule has 118 valence electrons. The van der Waals surface area contributed by atoms with E-state index in [1.807, 2.05) is 0 Å². The average Bonchev–Trinajstić information content (AvgIpc) is 2.57. The van der Waals surface area contributed by atoms with Crippen LogP contribution in [0.2, 0.25) is 0 Å². The van der Waals surface area contributed by atoms with Crippen molar-refractivity contribution < 1.29 is 8.42 Å². The van der Waals surface area contributed by atoms with E-state index in [-0.39, 0.29) is 11.3 Å². The third kappa shape index (κ3) is 5.32. The molecule has 1 aliphatic rings. The highest BCUT2D eigenvalue weighted by Crippen LogP contribution is 2.18. The van der Waals surface area contributed by atoms with Gasteiger partial charge in [0, 0.05) is 30.9 Å². The fourth-order valence-electron chi connectivity index (χ4n) is 2.39. The van der Waals surface area contributed by atoms with Crippen molar-refractivity contribution >= 4 is 15.5 Å².